The molecule has 0 saturated carbocycles. The smallest absolute Gasteiger partial charge is 0.220 e. The molecule has 0 aromatic carbocycles. The highest BCUT2D eigenvalue weighted by atomic mass is 16.1. The zero-order valence-corrected chi connectivity index (χ0v) is 8.44. The van der Waals surface area contributed by atoms with Crippen LogP contribution in [0.15, 0.2) is 0 Å². The van der Waals surface area contributed by atoms with Gasteiger partial charge in [-0.15, -0.1) is 0 Å². The molecule has 2 N–H and O–H groups in total. The van der Waals surface area contributed by atoms with Crippen molar-refractivity contribution in [2.45, 2.75) is 45.1 Å². The normalized spacial score (nSPS) is 23.6. The Kier molecular flexibility index (Phi) is 4.83. The van der Waals surface area contributed by atoms with Crippen LogP contribution >= 0.6 is 0 Å². The van der Waals surface area contributed by atoms with Crippen molar-refractivity contribution in [3.8, 4) is 0 Å². The summed E-state index contributed by atoms with van der Waals surface area (Å²) in [7, 11) is 0. The van der Waals surface area contributed by atoms with Crippen molar-refractivity contribution in [3.05, 3.63) is 0 Å². The average molecular weight is 184 g/mol. The Morgan fingerprint density at radius 2 is 2.38 bits per heavy atom. The standard InChI is InChI=1S/C10H20N2O/c1-2-5-10(13)12-9-6-3-4-7-11-8-9/h9,11H,2-8H2,1H3,(H,12,13). The van der Waals surface area contributed by atoms with E-state index in [9.17, 15) is 4.79 Å². The van der Waals surface area contributed by atoms with Gasteiger partial charge in [0.15, 0.2) is 0 Å². The number of carbonyl (C=O) groups is 1. The molecule has 1 saturated heterocycles. The highest BCUT2D eigenvalue weighted by Gasteiger charge is 2.13. The Hall–Kier alpha value is -0.570. The van der Waals surface area contributed by atoms with Crippen LogP contribution in [0, 0.1) is 0 Å². The van der Waals surface area contributed by atoms with Gasteiger partial charge in [-0.1, -0.05) is 13.3 Å². The van der Waals surface area contributed by atoms with E-state index in [1.165, 1.54) is 12.8 Å². The van der Waals surface area contributed by atoms with E-state index in [4.69, 9.17) is 0 Å². The lowest BCUT2D eigenvalue weighted by molar-refractivity contribution is -0.121. The maximum absolute atomic E-state index is 11.3. The van der Waals surface area contributed by atoms with Crippen molar-refractivity contribution >= 4 is 5.91 Å². The molecule has 1 aliphatic rings. The minimum atomic E-state index is 0.205. The largest absolute Gasteiger partial charge is 0.352 e. The van der Waals surface area contributed by atoms with Gasteiger partial charge in [0.05, 0.1) is 0 Å². The van der Waals surface area contributed by atoms with Crippen molar-refractivity contribution in [2.24, 2.45) is 0 Å². The number of hydrogen-bond donors (Lipinski definition) is 2. The molecule has 0 aromatic heterocycles. The summed E-state index contributed by atoms with van der Waals surface area (Å²) in [5.74, 6) is 0.205. The van der Waals surface area contributed by atoms with E-state index in [-0.39, 0.29) is 5.91 Å². The van der Waals surface area contributed by atoms with Crippen molar-refractivity contribution in [1.29, 1.82) is 0 Å². The Labute approximate surface area is 80.3 Å². The van der Waals surface area contributed by atoms with E-state index >= 15 is 0 Å². The predicted molar refractivity (Wildman–Crippen MR) is 53.6 cm³/mol. The first-order chi connectivity index (χ1) is 6.33. The molecule has 0 aliphatic carbocycles. The van der Waals surface area contributed by atoms with Gasteiger partial charge in [0.2, 0.25) is 5.91 Å². The molecule has 1 rings (SSSR count). The summed E-state index contributed by atoms with van der Waals surface area (Å²) in [5.41, 5.74) is 0. The van der Waals surface area contributed by atoms with E-state index in [0.29, 0.717) is 12.5 Å². The third-order valence-electron chi connectivity index (χ3n) is 2.39. The van der Waals surface area contributed by atoms with Gasteiger partial charge in [-0.3, -0.25) is 4.79 Å². The monoisotopic (exact) mass is 184 g/mol. The summed E-state index contributed by atoms with van der Waals surface area (Å²) in [6.45, 7) is 4.07. The molecule has 1 atom stereocenters. The second kappa shape index (κ2) is 5.97. The van der Waals surface area contributed by atoms with Gasteiger partial charge >= 0.3 is 0 Å². The van der Waals surface area contributed by atoms with Crippen LogP contribution in [0.25, 0.3) is 0 Å². The second-order valence-electron chi connectivity index (χ2n) is 3.71. The van der Waals surface area contributed by atoms with Crippen LogP contribution < -0.4 is 10.6 Å². The molecular formula is C10H20N2O. The van der Waals surface area contributed by atoms with Crippen LogP contribution in [0.5, 0.6) is 0 Å². The molecule has 76 valence electrons. The van der Waals surface area contributed by atoms with E-state index in [0.717, 1.165) is 25.9 Å². The van der Waals surface area contributed by atoms with Gasteiger partial charge in [0.25, 0.3) is 0 Å². The Bertz CT molecular complexity index is 151. The number of amides is 1. The van der Waals surface area contributed by atoms with Gasteiger partial charge in [-0.25, -0.2) is 0 Å². The predicted octanol–water partition coefficient (Wildman–Crippen LogP) is 1.04. The minimum Gasteiger partial charge on any atom is -0.352 e. The second-order valence-corrected chi connectivity index (χ2v) is 3.71. The molecule has 0 bridgehead atoms. The lowest BCUT2D eigenvalue weighted by Crippen LogP contribution is -2.40. The van der Waals surface area contributed by atoms with Crippen LogP contribution in [0.2, 0.25) is 0 Å². The Morgan fingerprint density at radius 3 is 3.15 bits per heavy atom. The third kappa shape index (κ3) is 4.27. The summed E-state index contributed by atoms with van der Waals surface area (Å²) in [4.78, 5) is 11.3. The molecule has 1 fully saturated rings. The first-order valence-electron chi connectivity index (χ1n) is 5.33. The van der Waals surface area contributed by atoms with E-state index in [1.807, 2.05) is 6.92 Å². The quantitative estimate of drug-likeness (QED) is 0.688. The summed E-state index contributed by atoms with van der Waals surface area (Å²) in [6.07, 6.45) is 5.19. The number of carbonyl (C=O) groups excluding carboxylic acids is 1. The molecule has 0 spiro atoms. The molecule has 1 unspecified atom stereocenters. The first kappa shape index (κ1) is 10.5. The maximum atomic E-state index is 11.3. The fourth-order valence-corrected chi connectivity index (χ4v) is 1.67. The molecule has 13 heavy (non-hydrogen) atoms. The molecule has 3 heteroatoms. The van der Waals surface area contributed by atoms with Gasteiger partial charge < -0.3 is 10.6 Å². The maximum Gasteiger partial charge on any atom is 0.220 e. The van der Waals surface area contributed by atoms with E-state index in [1.54, 1.807) is 0 Å². The molecule has 0 aromatic rings. The fourth-order valence-electron chi connectivity index (χ4n) is 1.67. The van der Waals surface area contributed by atoms with Gasteiger partial charge in [0.1, 0.15) is 0 Å². The molecule has 3 nitrogen and oxygen atoms in total. The third-order valence-corrected chi connectivity index (χ3v) is 2.39. The van der Waals surface area contributed by atoms with Crippen LogP contribution in [-0.2, 0) is 4.79 Å². The zero-order chi connectivity index (χ0) is 9.52. The van der Waals surface area contributed by atoms with Gasteiger partial charge in [-0.2, -0.15) is 0 Å². The van der Waals surface area contributed by atoms with Crippen molar-refractivity contribution < 1.29 is 4.79 Å². The zero-order valence-electron chi connectivity index (χ0n) is 8.44. The van der Waals surface area contributed by atoms with Crippen molar-refractivity contribution in [3.63, 3.8) is 0 Å². The van der Waals surface area contributed by atoms with Crippen molar-refractivity contribution in [1.82, 2.24) is 10.6 Å². The van der Waals surface area contributed by atoms with Crippen LogP contribution in [0.3, 0.4) is 0 Å². The Morgan fingerprint density at radius 1 is 1.54 bits per heavy atom. The van der Waals surface area contributed by atoms with Gasteiger partial charge in [0, 0.05) is 19.0 Å². The average Bonchev–Trinajstić information content (AvgIpc) is 2.33. The molecule has 1 heterocycles. The summed E-state index contributed by atoms with van der Waals surface area (Å²) in [6, 6.07) is 0.363. The highest BCUT2D eigenvalue weighted by molar-refractivity contribution is 5.76. The highest BCUT2D eigenvalue weighted by Crippen LogP contribution is 2.04. The van der Waals surface area contributed by atoms with Crippen LogP contribution in [0.4, 0.5) is 0 Å². The summed E-state index contributed by atoms with van der Waals surface area (Å²) in [5, 5.41) is 6.39. The molecule has 1 aliphatic heterocycles. The van der Waals surface area contributed by atoms with Gasteiger partial charge in [-0.05, 0) is 25.8 Å². The Balaban J connectivity index is 2.21. The first-order valence-corrected chi connectivity index (χ1v) is 5.33. The van der Waals surface area contributed by atoms with Crippen molar-refractivity contribution in [2.75, 3.05) is 13.1 Å². The molecule has 0 radical (unpaired) electrons. The SMILES string of the molecule is CCCC(=O)NC1CCCCNC1. The minimum absolute atomic E-state index is 0.205. The summed E-state index contributed by atoms with van der Waals surface area (Å²) < 4.78 is 0. The lowest BCUT2D eigenvalue weighted by Gasteiger charge is -2.15. The van der Waals surface area contributed by atoms with Crippen LogP contribution in [0.1, 0.15) is 39.0 Å². The fraction of sp³-hybridized carbons (Fsp3) is 0.900. The molecular weight excluding hydrogens is 164 g/mol. The number of nitrogens with one attached hydrogen (secondary N) is 2. The molecule has 1 amide bonds. The topological polar surface area (TPSA) is 41.1 Å². The van der Waals surface area contributed by atoms with E-state index < -0.39 is 0 Å². The number of rotatable bonds is 3. The summed E-state index contributed by atoms with van der Waals surface area (Å²) >= 11 is 0. The van der Waals surface area contributed by atoms with E-state index in [2.05, 4.69) is 10.6 Å². The number of hydrogen-bond acceptors (Lipinski definition) is 2. The van der Waals surface area contributed by atoms with Crippen LogP contribution in [-0.4, -0.2) is 25.0 Å². The lowest BCUT2D eigenvalue weighted by atomic mass is 10.1.